The van der Waals surface area contributed by atoms with Crippen LogP contribution in [0.15, 0.2) is 53.1 Å². The lowest BCUT2D eigenvalue weighted by Gasteiger charge is -2.18. The van der Waals surface area contributed by atoms with E-state index in [9.17, 15) is 9.59 Å². The van der Waals surface area contributed by atoms with Crippen LogP contribution in [0.5, 0.6) is 11.5 Å². The molecule has 5 rings (SSSR count). The van der Waals surface area contributed by atoms with Crippen LogP contribution < -0.4 is 14.5 Å². The molecule has 2 aromatic carbocycles. The molecule has 1 fully saturated rings. The van der Waals surface area contributed by atoms with Gasteiger partial charge in [-0.1, -0.05) is 6.07 Å². The van der Waals surface area contributed by atoms with Crippen molar-refractivity contribution in [1.82, 2.24) is 0 Å². The van der Waals surface area contributed by atoms with Crippen LogP contribution in [0.1, 0.15) is 28.8 Å². The molecular formula is C22H18N2O5. The first-order chi connectivity index (χ1) is 14.1. The number of fused-ring (bicyclic) bond motifs is 1. The van der Waals surface area contributed by atoms with E-state index in [-0.39, 0.29) is 17.4 Å². The number of carbonyl (C=O) groups excluding carboxylic acids is 1. The highest BCUT2D eigenvalue weighted by atomic mass is 16.6. The van der Waals surface area contributed by atoms with Gasteiger partial charge < -0.3 is 14.6 Å². The molecule has 1 aliphatic carbocycles. The Morgan fingerprint density at radius 1 is 1.07 bits per heavy atom. The van der Waals surface area contributed by atoms with Crippen LogP contribution >= 0.6 is 0 Å². The number of carbonyl (C=O) groups is 2. The van der Waals surface area contributed by atoms with Crippen LogP contribution in [0.4, 0.5) is 5.69 Å². The molecule has 146 valence electrons. The maximum absolute atomic E-state index is 13.1. The molecule has 2 aliphatic heterocycles. The molecule has 29 heavy (non-hydrogen) atoms. The van der Waals surface area contributed by atoms with E-state index in [4.69, 9.17) is 14.6 Å². The van der Waals surface area contributed by atoms with E-state index in [0.717, 1.165) is 24.1 Å². The van der Waals surface area contributed by atoms with Gasteiger partial charge in [0.2, 0.25) is 0 Å². The SMILES string of the molecule is O=C(O)c1ccc(N2N=C(C3CC3)/C(=C/c3ccc4c(c3)OCCO4)C2=O)cc1. The summed E-state index contributed by atoms with van der Waals surface area (Å²) in [5, 5.41) is 15.0. The van der Waals surface area contributed by atoms with Gasteiger partial charge in [-0.05, 0) is 60.9 Å². The monoisotopic (exact) mass is 390 g/mol. The molecule has 0 spiro atoms. The molecule has 0 bridgehead atoms. The van der Waals surface area contributed by atoms with Gasteiger partial charge in [-0.3, -0.25) is 4.79 Å². The zero-order valence-electron chi connectivity index (χ0n) is 15.5. The van der Waals surface area contributed by atoms with Gasteiger partial charge in [0.25, 0.3) is 5.91 Å². The molecule has 2 heterocycles. The molecule has 0 atom stereocenters. The predicted molar refractivity (Wildman–Crippen MR) is 106 cm³/mol. The number of carboxylic acid groups (broad SMARTS) is 1. The zero-order chi connectivity index (χ0) is 20.0. The third kappa shape index (κ3) is 3.24. The van der Waals surface area contributed by atoms with E-state index >= 15 is 0 Å². The number of nitrogens with zero attached hydrogens (tertiary/aromatic N) is 2. The highest BCUT2D eigenvalue weighted by molar-refractivity contribution is 6.33. The normalized spacial score (nSPS) is 19.4. The van der Waals surface area contributed by atoms with Crippen LogP contribution in [0.3, 0.4) is 0 Å². The van der Waals surface area contributed by atoms with Crippen LogP contribution in [-0.4, -0.2) is 35.9 Å². The second-order valence-corrected chi connectivity index (χ2v) is 7.19. The third-order valence-electron chi connectivity index (χ3n) is 5.11. The summed E-state index contributed by atoms with van der Waals surface area (Å²) < 4.78 is 11.2. The van der Waals surface area contributed by atoms with E-state index in [1.807, 2.05) is 24.3 Å². The molecular weight excluding hydrogens is 372 g/mol. The second kappa shape index (κ2) is 6.77. The first kappa shape index (κ1) is 17.5. The first-order valence-corrected chi connectivity index (χ1v) is 9.48. The highest BCUT2D eigenvalue weighted by Crippen LogP contribution is 2.39. The number of amides is 1. The summed E-state index contributed by atoms with van der Waals surface area (Å²) in [6, 6.07) is 11.7. The molecule has 3 aliphatic rings. The average molecular weight is 390 g/mol. The van der Waals surface area contributed by atoms with Crippen LogP contribution in [-0.2, 0) is 4.79 Å². The maximum atomic E-state index is 13.1. The molecule has 2 aromatic rings. The Hall–Kier alpha value is -3.61. The van der Waals surface area contributed by atoms with Crippen molar-refractivity contribution in [3.63, 3.8) is 0 Å². The van der Waals surface area contributed by atoms with Crippen molar-refractivity contribution in [2.45, 2.75) is 12.8 Å². The van der Waals surface area contributed by atoms with Gasteiger partial charge in [0.1, 0.15) is 13.2 Å². The van der Waals surface area contributed by atoms with Crippen molar-refractivity contribution in [1.29, 1.82) is 0 Å². The Kier molecular flexibility index (Phi) is 4.08. The molecule has 0 aromatic heterocycles. The van der Waals surface area contributed by atoms with Gasteiger partial charge in [0, 0.05) is 5.92 Å². The number of hydrogen-bond donors (Lipinski definition) is 1. The standard InChI is InChI=1S/C22H18N2O5/c25-21-17(11-13-1-8-18-19(12-13)29-10-9-28-18)20(14-2-3-14)23-24(21)16-6-4-15(5-7-16)22(26)27/h1,4-8,11-12,14H,2-3,9-10H2,(H,26,27)/b17-11-. The van der Waals surface area contributed by atoms with Crippen LogP contribution in [0, 0.1) is 5.92 Å². The van der Waals surface area contributed by atoms with Gasteiger partial charge in [-0.15, -0.1) is 0 Å². The van der Waals surface area contributed by atoms with Gasteiger partial charge in [0.15, 0.2) is 11.5 Å². The Labute approximate surface area is 166 Å². The summed E-state index contributed by atoms with van der Waals surface area (Å²) in [5.74, 6) is 0.427. The highest BCUT2D eigenvalue weighted by Gasteiger charge is 2.39. The van der Waals surface area contributed by atoms with Gasteiger partial charge in [-0.25, -0.2) is 4.79 Å². The maximum Gasteiger partial charge on any atom is 0.335 e. The van der Waals surface area contributed by atoms with E-state index in [1.165, 1.54) is 17.1 Å². The Morgan fingerprint density at radius 2 is 1.79 bits per heavy atom. The van der Waals surface area contributed by atoms with Gasteiger partial charge in [-0.2, -0.15) is 10.1 Å². The van der Waals surface area contributed by atoms with E-state index in [1.54, 1.807) is 12.1 Å². The number of ether oxygens (including phenoxy) is 2. The van der Waals surface area contributed by atoms with E-state index in [0.29, 0.717) is 36.0 Å². The summed E-state index contributed by atoms with van der Waals surface area (Å²) in [4.78, 5) is 24.2. The number of rotatable bonds is 4. The number of hydrogen-bond acceptors (Lipinski definition) is 5. The molecule has 7 nitrogen and oxygen atoms in total. The number of hydrazone groups is 1. The predicted octanol–water partition coefficient (Wildman–Crippen LogP) is 3.35. The van der Waals surface area contributed by atoms with Crippen molar-refractivity contribution >= 4 is 29.4 Å². The fourth-order valence-corrected chi connectivity index (χ4v) is 3.46. The molecule has 0 radical (unpaired) electrons. The van der Waals surface area contributed by atoms with Crippen molar-refractivity contribution in [2.24, 2.45) is 11.0 Å². The lowest BCUT2D eigenvalue weighted by atomic mass is 10.0. The van der Waals surface area contributed by atoms with Gasteiger partial charge >= 0.3 is 5.97 Å². The Bertz CT molecular complexity index is 1070. The molecule has 1 saturated carbocycles. The second-order valence-electron chi connectivity index (χ2n) is 7.19. The minimum absolute atomic E-state index is 0.166. The largest absolute Gasteiger partial charge is 0.486 e. The fraction of sp³-hybridized carbons (Fsp3) is 0.227. The minimum Gasteiger partial charge on any atom is -0.486 e. The summed E-state index contributed by atoms with van der Waals surface area (Å²) in [6.07, 6.45) is 3.86. The fourth-order valence-electron chi connectivity index (χ4n) is 3.46. The molecule has 1 amide bonds. The van der Waals surface area contributed by atoms with E-state index in [2.05, 4.69) is 5.10 Å². The van der Waals surface area contributed by atoms with Crippen molar-refractivity contribution in [3.8, 4) is 11.5 Å². The van der Waals surface area contributed by atoms with Crippen molar-refractivity contribution < 1.29 is 24.2 Å². The van der Waals surface area contributed by atoms with Crippen molar-refractivity contribution in [2.75, 3.05) is 18.2 Å². The Balaban J connectivity index is 1.48. The number of carboxylic acids is 1. The van der Waals surface area contributed by atoms with Crippen LogP contribution in [0.25, 0.3) is 6.08 Å². The zero-order valence-corrected chi connectivity index (χ0v) is 15.5. The number of anilines is 1. The third-order valence-corrected chi connectivity index (χ3v) is 5.11. The topological polar surface area (TPSA) is 88.4 Å². The smallest absolute Gasteiger partial charge is 0.335 e. The van der Waals surface area contributed by atoms with Crippen LogP contribution in [0.2, 0.25) is 0 Å². The summed E-state index contributed by atoms with van der Waals surface area (Å²) in [7, 11) is 0. The summed E-state index contributed by atoms with van der Waals surface area (Å²) in [5.41, 5.74) is 2.90. The lowest BCUT2D eigenvalue weighted by molar-refractivity contribution is -0.114. The lowest BCUT2D eigenvalue weighted by Crippen LogP contribution is -2.21. The molecule has 7 heteroatoms. The number of aromatic carboxylic acids is 1. The first-order valence-electron chi connectivity index (χ1n) is 9.48. The Morgan fingerprint density at radius 3 is 2.48 bits per heavy atom. The van der Waals surface area contributed by atoms with Gasteiger partial charge in [0.05, 0.1) is 22.5 Å². The van der Waals surface area contributed by atoms with Crippen molar-refractivity contribution in [3.05, 3.63) is 59.2 Å². The number of benzene rings is 2. The summed E-state index contributed by atoms with van der Waals surface area (Å²) in [6.45, 7) is 1.03. The molecule has 1 N–H and O–H groups in total. The molecule has 0 saturated heterocycles. The average Bonchev–Trinajstić information content (AvgIpc) is 3.53. The van der Waals surface area contributed by atoms with E-state index < -0.39 is 5.97 Å². The quantitative estimate of drug-likeness (QED) is 0.809. The summed E-state index contributed by atoms with van der Waals surface area (Å²) >= 11 is 0. The minimum atomic E-state index is -1.01. The molecule has 0 unspecified atom stereocenters.